The van der Waals surface area contributed by atoms with Crippen molar-refractivity contribution in [3.8, 4) is 0 Å². The zero-order valence-electron chi connectivity index (χ0n) is 19.2. The van der Waals surface area contributed by atoms with Crippen LogP contribution in [0, 0.1) is 5.92 Å². The molecule has 0 aliphatic carbocycles. The Morgan fingerprint density at radius 1 is 1.10 bits per heavy atom. The average molecular weight is 440 g/mol. The third-order valence-corrected chi connectivity index (χ3v) is 5.81. The Kier molecular flexibility index (Phi) is 8.14. The molecular weight excluding hydrogens is 406 g/mol. The highest BCUT2D eigenvalue weighted by Gasteiger charge is 2.20. The number of aromatic nitrogens is 2. The van der Waals surface area contributed by atoms with Crippen LogP contribution in [0.5, 0.6) is 0 Å². The van der Waals surface area contributed by atoms with Crippen molar-refractivity contribution in [2.75, 3.05) is 6.54 Å². The molecule has 0 unspecified atom stereocenters. The molecule has 1 heterocycles. The van der Waals surface area contributed by atoms with Crippen LogP contribution in [0.15, 0.2) is 42.5 Å². The van der Waals surface area contributed by atoms with E-state index in [0.29, 0.717) is 24.0 Å². The van der Waals surface area contributed by atoms with Gasteiger partial charge in [0.05, 0.1) is 17.6 Å². The summed E-state index contributed by atoms with van der Waals surface area (Å²) in [6, 6.07) is 13.9. The summed E-state index contributed by atoms with van der Waals surface area (Å²) in [7, 11) is 0. The Hall–Kier alpha value is -2.33. The fourth-order valence-electron chi connectivity index (χ4n) is 3.86. The maximum atomic E-state index is 13.4. The van der Waals surface area contributed by atoms with Crippen molar-refractivity contribution >= 4 is 28.5 Å². The lowest BCUT2D eigenvalue weighted by Gasteiger charge is -2.24. The SMILES string of the molecule is CCCc1ccc(C(=O)N(CCC(C)C)Cc2nc3ccc(Cl)cc3n2CCC)cc1. The lowest BCUT2D eigenvalue weighted by atomic mass is 10.1. The second kappa shape index (κ2) is 10.8. The summed E-state index contributed by atoms with van der Waals surface area (Å²) in [6.45, 7) is 10.8. The normalized spacial score (nSPS) is 11.4. The molecule has 0 aliphatic heterocycles. The minimum Gasteiger partial charge on any atom is -0.331 e. The maximum Gasteiger partial charge on any atom is 0.254 e. The lowest BCUT2D eigenvalue weighted by molar-refractivity contribution is 0.0729. The molecule has 0 fully saturated rings. The monoisotopic (exact) mass is 439 g/mol. The zero-order chi connectivity index (χ0) is 22.4. The average Bonchev–Trinajstić information content (AvgIpc) is 3.08. The van der Waals surface area contributed by atoms with Gasteiger partial charge in [0.2, 0.25) is 0 Å². The first kappa shape index (κ1) is 23.3. The van der Waals surface area contributed by atoms with Crippen molar-refractivity contribution < 1.29 is 4.79 Å². The number of hydrogen-bond acceptors (Lipinski definition) is 2. The molecule has 5 heteroatoms. The molecule has 4 nitrogen and oxygen atoms in total. The van der Waals surface area contributed by atoms with Crippen LogP contribution in [0.25, 0.3) is 11.0 Å². The molecule has 3 aromatic rings. The van der Waals surface area contributed by atoms with Gasteiger partial charge in [-0.3, -0.25) is 4.79 Å². The van der Waals surface area contributed by atoms with Crippen molar-refractivity contribution in [2.24, 2.45) is 5.92 Å². The second-order valence-corrected chi connectivity index (χ2v) is 9.11. The van der Waals surface area contributed by atoms with Gasteiger partial charge >= 0.3 is 0 Å². The van der Waals surface area contributed by atoms with Gasteiger partial charge in [-0.25, -0.2) is 4.98 Å². The number of hydrogen-bond donors (Lipinski definition) is 0. The predicted octanol–water partition coefficient (Wildman–Crippen LogP) is 6.74. The van der Waals surface area contributed by atoms with E-state index in [2.05, 4.69) is 44.4 Å². The van der Waals surface area contributed by atoms with Crippen molar-refractivity contribution in [3.63, 3.8) is 0 Å². The van der Waals surface area contributed by atoms with Crippen LogP contribution in [0.3, 0.4) is 0 Å². The smallest absolute Gasteiger partial charge is 0.254 e. The Balaban J connectivity index is 1.92. The summed E-state index contributed by atoms with van der Waals surface area (Å²) in [5.74, 6) is 1.51. The van der Waals surface area contributed by atoms with E-state index in [-0.39, 0.29) is 5.91 Å². The van der Waals surface area contributed by atoms with Crippen molar-refractivity contribution in [1.82, 2.24) is 14.5 Å². The van der Waals surface area contributed by atoms with Gasteiger partial charge in [0.1, 0.15) is 5.82 Å². The van der Waals surface area contributed by atoms with Crippen molar-refractivity contribution in [2.45, 2.75) is 66.5 Å². The van der Waals surface area contributed by atoms with E-state index in [4.69, 9.17) is 16.6 Å². The number of amides is 1. The number of nitrogens with zero attached hydrogens (tertiary/aromatic N) is 3. The van der Waals surface area contributed by atoms with Crippen molar-refractivity contribution in [1.29, 1.82) is 0 Å². The summed E-state index contributed by atoms with van der Waals surface area (Å²) in [5.41, 5.74) is 3.97. The fraction of sp³-hybridized carbons (Fsp3) is 0.462. The summed E-state index contributed by atoms with van der Waals surface area (Å²) < 4.78 is 2.21. The minimum atomic E-state index is 0.0665. The van der Waals surface area contributed by atoms with Gasteiger partial charge in [-0.2, -0.15) is 0 Å². The third-order valence-electron chi connectivity index (χ3n) is 5.57. The van der Waals surface area contributed by atoms with Crippen LogP contribution in [0.2, 0.25) is 5.02 Å². The molecular formula is C26H34ClN3O. The topological polar surface area (TPSA) is 38.1 Å². The first-order chi connectivity index (χ1) is 14.9. The molecule has 0 saturated carbocycles. The number of carbonyl (C=O) groups is 1. The summed E-state index contributed by atoms with van der Waals surface area (Å²) >= 11 is 6.25. The highest BCUT2D eigenvalue weighted by Crippen LogP contribution is 2.23. The molecule has 1 aromatic heterocycles. The molecule has 31 heavy (non-hydrogen) atoms. The van der Waals surface area contributed by atoms with Crippen molar-refractivity contribution in [3.05, 3.63) is 64.4 Å². The van der Waals surface area contributed by atoms with E-state index < -0.39 is 0 Å². The molecule has 0 bridgehead atoms. The molecule has 0 saturated heterocycles. The zero-order valence-corrected chi connectivity index (χ0v) is 20.0. The molecule has 0 spiro atoms. The van der Waals surface area contributed by atoms with Gasteiger partial charge in [-0.1, -0.05) is 57.8 Å². The van der Waals surface area contributed by atoms with Crippen LogP contribution in [0.1, 0.15) is 68.7 Å². The Bertz CT molecular complexity index is 1010. The molecule has 0 radical (unpaired) electrons. The Morgan fingerprint density at radius 2 is 1.84 bits per heavy atom. The van der Waals surface area contributed by atoms with Gasteiger partial charge in [0.15, 0.2) is 0 Å². The first-order valence-corrected chi connectivity index (χ1v) is 11.8. The van der Waals surface area contributed by atoms with E-state index in [9.17, 15) is 4.79 Å². The number of imidazole rings is 1. The first-order valence-electron chi connectivity index (χ1n) is 11.5. The van der Waals surface area contributed by atoms with Gasteiger partial charge in [-0.05, 0) is 61.1 Å². The van der Waals surface area contributed by atoms with E-state index in [1.165, 1.54) is 5.56 Å². The van der Waals surface area contributed by atoms with Gasteiger partial charge in [0.25, 0.3) is 5.91 Å². The molecule has 2 aromatic carbocycles. The van der Waals surface area contributed by atoms with Gasteiger partial charge in [-0.15, -0.1) is 0 Å². The van der Waals surface area contributed by atoms with Gasteiger partial charge < -0.3 is 9.47 Å². The van der Waals surface area contributed by atoms with E-state index in [0.717, 1.165) is 54.6 Å². The molecule has 1 amide bonds. The number of benzene rings is 2. The maximum absolute atomic E-state index is 13.4. The third kappa shape index (κ3) is 5.88. The summed E-state index contributed by atoms with van der Waals surface area (Å²) in [6.07, 6.45) is 4.09. The number of fused-ring (bicyclic) bond motifs is 1. The molecule has 0 aliphatic rings. The number of aryl methyl sites for hydroxylation is 2. The van der Waals surface area contributed by atoms with Gasteiger partial charge in [0, 0.05) is 23.7 Å². The molecule has 166 valence electrons. The minimum absolute atomic E-state index is 0.0665. The number of halogens is 1. The van der Waals surface area contributed by atoms with Crippen LogP contribution >= 0.6 is 11.6 Å². The van der Waals surface area contributed by atoms with E-state index in [1.807, 2.05) is 35.2 Å². The standard InChI is InChI=1S/C26H34ClN3O/c1-5-7-20-8-10-21(11-9-20)26(31)29(16-14-19(3)4)18-25-28-23-13-12-22(27)17-24(23)30(25)15-6-2/h8-13,17,19H,5-7,14-16,18H2,1-4H3. The summed E-state index contributed by atoms with van der Waals surface area (Å²) in [4.78, 5) is 20.2. The number of rotatable bonds is 10. The van der Waals surface area contributed by atoms with Crippen LogP contribution < -0.4 is 0 Å². The highest BCUT2D eigenvalue weighted by atomic mass is 35.5. The quantitative estimate of drug-likeness (QED) is 0.350. The van der Waals surface area contributed by atoms with Crippen LogP contribution in [-0.2, 0) is 19.5 Å². The molecule has 3 rings (SSSR count). The molecule has 0 N–H and O–H groups in total. The largest absolute Gasteiger partial charge is 0.331 e. The summed E-state index contributed by atoms with van der Waals surface area (Å²) in [5, 5.41) is 0.705. The van der Waals surface area contributed by atoms with E-state index in [1.54, 1.807) is 0 Å². The molecule has 0 atom stereocenters. The van der Waals surface area contributed by atoms with E-state index >= 15 is 0 Å². The Morgan fingerprint density at radius 3 is 2.48 bits per heavy atom. The predicted molar refractivity (Wildman–Crippen MR) is 130 cm³/mol. The highest BCUT2D eigenvalue weighted by molar-refractivity contribution is 6.31. The second-order valence-electron chi connectivity index (χ2n) is 8.67. The van der Waals surface area contributed by atoms with Crippen LogP contribution in [0.4, 0.5) is 0 Å². The van der Waals surface area contributed by atoms with Crippen LogP contribution in [-0.4, -0.2) is 26.9 Å². The number of carbonyl (C=O) groups excluding carboxylic acids is 1. The Labute approximate surface area is 191 Å². The fourth-order valence-corrected chi connectivity index (χ4v) is 4.03. The lowest BCUT2D eigenvalue weighted by Crippen LogP contribution is -2.33.